The fourth-order valence-electron chi connectivity index (χ4n) is 1.64. The monoisotopic (exact) mass is 262 g/mol. The SMILES string of the molecule is CCCCS(=O)(=O)N1CC(=O)NC(=O)C1(C)C. The predicted octanol–water partition coefficient (Wildman–Crippen LogP) is -0.147. The van der Waals surface area contributed by atoms with E-state index in [0.29, 0.717) is 6.42 Å². The summed E-state index contributed by atoms with van der Waals surface area (Å²) in [6, 6.07) is 0. The number of imide groups is 1. The molecule has 1 fully saturated rings. The number of unbranched alkanes of at least 4 members (excludes halogenated alkanes) is 1. The van der Waals surface area contributed by atoms with Crippen molar-refractivity contribution < 1.29 is 18.0 Å². The van der Waals surface area contributed by atoms with E-state index < -0.39 is 27.4 Å². The topological polar surface area (TPSA) is 83.6 Å². The second-order valence-corrected chi connectivity index (χ2v) is 6.63. The molecule has 1 aliphatic heterocycles. The van der Waals surface area contributed by atoms with Gasteiger partial charge in [-0.3, -0.25) is 14.9 Å². The third-order valence-corrected chi connectivity index (χ3v) is 4.87. The molecular weight excluding hydrogens is 244 g/mol. The van der Waals surface area contributed by atoms with Crippen molar-refractivity contribution in [1.82, 2.24) is 9.62 Å². The Kier molecular flexibility index (Phi) is 3.93. The van der Waals surface area contributed by atoms with Crippen molar-refractivity contribution in [1.29, 1.82) is 0 Å². The van der Waals surface area contributed by atoms with Crippen molar-refractivity contribution in [3.05, 3.63) is 0 Å². The molecule has 0 bridgehead atoms. The molecule has 1 N–H and O–H groups in total. The summed E-state index contributed by atoms with van der Waals surface area (Å²) in [4.78, 5) is 22.9. The zero-order valence-electron chi connectivity index (χ0n) is 10.3. The maximum absolute atomic E-state index is 12.0. The Balaban J connectivity index is 3.01. The third-order valence-electron chi connectivity index (χ3n) is 2.81. The summed E-state index contributed by atoms with van der Waals surface area (Å²) in [6.07, 6.45) is 1.26. The number of carbonyl (C=O) groups is 2. The van der Waals surface area contributed by atoms with Crippen LogP contribution in [0.1, 0.15) is 33.6 Å². The minimum absolute atomic E-state index is 0.0342. The van der Waals surface area contributed by atoms with E-state index in [9.17, 15) is 18.0 Å². The number of nitrogens with zero attached hydrogens (tertiary/aromatic N) is 1. The standard InChI is InChI=1S/C10H18N2O4S/c1-4-5-6-17(15,16)12-7-8(13)11-9(14)10(12,2)3/h4-7H2,1-3H3,(H,11,13,14). The first-order valence-corrected chi connectivity index (χ1v) is 7.17. The van der Waals surface area contributed by atoms with Gasteiger partial charge in [0.25, 0.3) is 0 Å². The number of hydrogen-bond donors (Lipinski definition) is 1. The normalized spacial score (nSPS) is 21.4. The van der Waals surface area contributed by atoms with Gasteiger partial charge in [-0.25, -0.2) is 8.42 Å². The van der Waals surface area contributed by atoms with Crippen LogP contribution in [-0.4, -0.2) is 42.4 Å². The molecule has 98 valence electrons. The van der Waals surface area contributed by atoms with Crippen LogP contribution >= 0.6 is 0 Å². The predicted molar refractivity (Wildman–Crippen MR) is 62.6 cm³/mol. The van der Waals surface area contributed by atoms with Gasteiger partial charge < -0.3 is 0 Å². The fraction of sp³-hybridized carbons (Fsp3) is 0.800. The molecule has 0 atom stereocenters. The minimum atomic E-state index is -3.57. The van der Waals surface area contributed by atoms with Gasteiger partial charge in [0.1, 0.15) is 5.54 Å². The van der Waals surface area contributed by atoms with Crippen LogP contribution in [0.3, 0.4) is 0 Å². The van der Waals surface area contributed by atoms with Crippen molar-refractivity contribution in [2.75, 3.05) is 12.3 Å². The van der Waals surface area contributed by atoms with Crippen molar-refractivity contribution in [2.24, 2.45) is 0 Å². The largest absolute Gasteiger partial charge is 0.294 e. The molecule has 0 unspecified atom stereocenters. The summed E-state index contributed by atoms with van der Waals surface area (Å²) in [7, 11) is -3.57. The lowest BCUT2D eigenvalue weighted by molar-refractivity contribution is -0.141. The summed E-state index contributed by atoms with van der Waals surface area (Å²) >= 11 is 0. The van der Waals surface area contributed by atoms with E-state index in [1.807, 2.05) is 6.92 Å². The number of piperazine rings is 1. The van der Waals surface area contributed by atoms with Gasteiger partial charge in [-0.05, 0) is 20.3 Å². The zero-order valence-corrected chi connectivity index (χ0v) is 11.1. The summed E-state index contributed by atoms with van der Waals surface area (Å²) in [6.45, 7) is 4.59. The second kappa shape index (κ2) is 4.73. The Morgan fingerprint density at radius 2 is 1.94 bits per heavy atom. The molecule has 0 aromatic carbocycles. The first-order chi connectivity index (χ1) is 7.71. The number of hydrogen-bond acceptors (Lipinski definition) is 4. The van der Waals surface area contributed by atoms with Crippen LogP contribution in [0.15, 0.2) is 0 Å². The van der Waals surface area contributed by atoms with Gasteiger partial charge in [0.05, 0.1) is 12.3 Å². The van der Waals surface area contributed by atoms with Gasteiger partial charge >= 0.3 is 0 Å². The van der Waals surface area contributed by atoms with Gasteiger partial charge in [-0.15, -0.1) is 0 Å². The molecule has 0 saturated carbocycles. The lowest BCUT2D eigenvalue weighted by Crippen LogP contribution is -2.65. The third kappa shape index (κ3) is 2.84. The van der Waals surface area contributed by atoms with Crippen LogP contribution in [0.4, 0.5) is 0 Å². The van der Waals surface area contributed by atoms with Gasteiger partial charge in [0, 0.05) is 0 Å². The van der Waals surface area contributed by atoms with Crippen molar-refractivity contribution in [3.8, 4) is 0 Å². The van der Waals surface area contributed by atoms with Gasteiger partial charge in [0.15, 0.2) is 0 Å². The average Bonchev–Trinajstić information content (AvgIpc) is 2.21. The van der Waals surface area contributed by atoms with Gasteiger partial charge in [-0.2, -0.15) is 4.31 Å². The Bertz CT molecular complexity index is 428. The van der Waals surface area contributed by atoms with Crippen molar-refractivity contribution in [2.45, 2.75) is 39.2 Å². The quantitative estimate of drug-likeness (QED) is 0.714. The summed E-state index contributed by atoms with van der Waals surface area (Å²) < 4.78 is 25.1. The van der Waals surface area contributed by atoms with E-state index >= 15 is 0 Å². The van der Waals surface area contributed by atoms with E-state index in [1.165, 1.54) is 13.8 Å². The lowest BCUT2D eigenvalue weighted by Gasteiger charge is -2.38. The number of carbonyl (C=O) groups excluding carboxylic acids is 2. The maximum Gasteiger partial charge on any atom is 0.247 e. The Morgan fingerprint density at radius 3 is 2.47 bits per heavy atom. The molecule has 0 radical (unpaired) electrons. The second-order valence-electron chi connectivity index (χ2n) is 4.61. The molecular formula is C10H18N2O4S. The molecule has 1 heterocycles. The molecule has 2 amide bonds. The van der Waals surface area contributed by atoms with Crippen molar-refractivity contribution in [3.63, 3.8) is 0 Å². The molecule has 17 heavy (non-hydrogen) atoms. The molecule has 0 aliphatic carbocycles. The molecule has 0 aromatic heterocycles. The Labute approximate surface area is 101 Å². The van der Waals surface area contributed by atoms with E-state index in [0.717, 1.165) is 10.7 Å². The lowest BCUT2D eigenvalue weighted by atomic mass is 10.0. The zero-order chi connectivity index (χ0) is 13.3. The number of rotatable bonds is 4. The minimum Gasteiger partial charge on any atom is -0.294 e. The highest BCUT2D eigenvalue weighted by molar-refractivity contribution is 7.89. The molecule has 0 spiro atoms. The Hall–Kier alpha value is -0.950. The van der Waals surface area contributed by atoms with Crippen LogP contribution in [0.2, 0.25) is 0 Å². The highest BCUT2D eigenvalue weighted by Gasteiger charge is 2.46. The van der Waals surface area contributed by atoms with E-state index in [-0.39, 0.29) is 12.3 Å². The van der Waals surface area contributed by atoms with Crippen molar-refractivity contribution >= 4 is 21.8 Å². The number of sulfonamides is 1. The highest BCUT2D eigenvalue weighted by Crippen LogP contribution is 2.22. The summed E-state index contributed by atoms with van der Waals surface area (Å²) in [5.41, 5.74) is -1.21. The van der Waals surface area contributed by atoms with Crippen LogP contribution in [0, 0.1) is 0 Å². The first kappa shape index (κ1) is 14.1. The van der Waals surface area contributed by atoms with E-state index in [1.54, 1.807) is 0 Å². The van der Waals surface area contributed by atoms with Crippen LogP contribution < -0.4 is 5.32 Å². The fourth-order valence-corrected chi connectivity index (χ4v) is 3.61. The van der Waals surface area contributed by atoms with E-state index in [2.05, 4.69) is 5.32 Å². The number of amides is 2. The molecule has 0 aromatic rings. The summed E-state index contributed by atoms with van der Waals surface area (Å²) in [5, 5.41) is 2.14. The van der Waals surface area contributed by atoms with E-state index in [4.69, 9.17) is 0 Å². The molecule has 1 saturated heterocycles. The molecule has 7 heteroatoms. The molecule has 6 nitrogen and oxygen atoms in total. The number of nitrogens with one attached hydrogen (secondary N) is 1. The highest BCUT2D eigenvalue weighted by atomic mass is 32.2. The van der Waals surface area contributed by atoms with Crippen LogP contribution in [0.5, 0.6) is 0 Å². The molecule has 1 aliphatic rings. The van der Waals surface area contributed by atoms with Crippen LogP contribution in [0.25, 0.3) is 0 Å². The Morgan fingerprint density at radius 1 is 1.35 bits per heavy atom. The van der Waals surface area contributed by atoms with Crippen LogP contribution in [-0.2, 0) is 19.6 Å². The molecule has 1 rings (SSSR count). The van der Waals surface area contributed by atoms with Gasteiger partial charge in [0.2, 0.25) is 21.8 Å². The average molecular weight is 262 g/mol. The maximum atomic E-state index is 12.0. The van der Waals surface area contributed by atoms with Gasteiger partial charge in [-0.1, -0.05) is 13.3 Å². The first-order valence-electron chi connectivity index (χ1n) is 5.56. The smallest absolute Gasteiger partial charge is 0.247 e. The summed E-state index contributed by atoms with van der Waals surface area (Å²) in [5.74, 6) is -1.18.